The molecule has 1 N–H and O–H groups in total. The normalized spacial score (nSPS) is 10.9. The van der Waals surface area contributed by atoms with Crippen molar-refractivity contribution in [2.24, 2.45) is 0 Å². The van der Waals surface area contributed by atoms with Crippen molar-refractivity contribution in [1.29, 1.82) is 0 Å². The number of benzene rings is 1. The maximum absolute atomic E-state index is 12.6. The number of nitrogens with zero attached hydrogens (tertiary/aromatic N) is 3. The van der Waals surface area contributed by atoms with E-state index in [1.54, 1.807) is 6.92 Å². The van der Waals surface area contributed by atoms with Crippen molar-refractivity contribution in [3.8, 4) is 5.75 Å². The zero-order valence-corrected chi connectivity index (χ0v) is 18.0. The molecule has 8 heteroatoms. The number of carbonyl (C=O) groups excluding carboxylic acids is 1. The molecule has 0 aliphatic heterocycles. The lowest BCUT2D eigenvalue weighted by atomic mass is 10.2. The summed E-state index contributed by atoms with van der Waals surface area (Å²) in [6.45, 7) is 8.91. The maximum atomic E-state index is 12.6. The first-order valence-electron chi connectivity index (χ1n) is 8.99. The van der Waals surface area contributed by atoms with E-state index >= 15 is 0 Å². The summed E-state index contributed by atoms with van der Waals surface area (Å²) in [7, 11) is 0. The van der Waals surface area contributed by atoms with Crippen molar-refractivity contribution in [2.45, 2.75) is 40.8 Å². The van der Waals surface area contributed by atoms with Crippen LogP contribution in [0.2, 0.25) is 0 Å². The molecule has 0 aliphatic rings. The molecule has 0 fully saturated rings. The second-order valence-corrected chi connectivity index (χ2v) is 7.42. The molecule has 0 unspecified atom stereocenters. The fourth-order valence-corrected chi connectivity index (χ4v) is 3.07. The van der Waals surface area contributed by atoms with Crippen molar-refractivity contribution in [1.82, 2.24) is 20.3 Å². The van der Waals surface area contributed by atoms with Crippen LogP contribution in [0.3, 0.4) is 0 Å². The number of carbonyl (C=O) groups is 1. The monoisotopic (exact) mass is 446 g/mol. The molecule has 7 nitrogen and oxygen atoms in total. The van der Waals surface area contributed by atoms with Crippen LogP contribution in [0.5, 0.6) is 5.75 Å². The third kappa shape index (κ3) is 4.44. The number of hydrogen-bond acceptors (Lipinski definition) is 5. The van der Waals surface area contributed by atoms with Gasteiger partial charge in [0.1, 0.15) is 18.1 Å². The Labute approximate surface area is 172 Å². The highest BCUT2D eigenvalue weighted by Gasteiger charge is 2.20. The predicted octanol–water partition coefficient (Wildman–Crippen LogP) is 3.88. The third-order valence-corrected chi connectivity index (χ3v) is 5.65. The highest BCUT2D eigenvalue weighted by Crippen LogP contribution is 2.20. The van der Waals surface area contributed by atoms with Crippen molar-refractivity contribution >= 4 is 21.8 Å². The molecule has 0 bridgehead atoms. The topological polar surface area (TPSA) is 82.2 Å². The lowest BCUT2D eigenvalue weighted by molar-refractivity contribution is 0.0940. The van der Waals surface area contributed by atoms with Gasteiger partial charge in [-0.15, -0.1) is 0 Å². The summed E-state index contributed by atoms with van der Waals surface area (Å²) >= 11 is 3.50. The number of ether oxygens (including phenoxy) is 1. The quantitative estimate of drug-likeness (QED) is 0.595. The average Bonchev–Trinajstić information content (AvgIpc) is 3.16. The van der Waals surface area contributed by atoms with Crippen LogP contribution < -0.4 is 10.1 Å². The van der Waals surface area contributed by atoms with Crippen molar-refractivity contribution in [3.63, 3.8) is 0 Å². The van der Waals surface area contributed by atoms with Gasteiger partial charge in [0, 0.05) is 12.2 Å². The first-order valence-corrected chi connectivity index (χ1v) is 9.78. The summed E-state index contributed by atoms with van der Waals surface area (Å²) in [4.78, 5) is 12.6. The SMILES string of the molecule is Cc1ccc(OCc2c(C(=O)NCCn3nc(C)c(Br)c3C)noc2C)cc1. The Morgan fingerprint density at radius 2 is 1.93 bits per heavy atom. The number of aromatic nitrogens is 3. The summed E-state index contributed by atoms with van der Waals surface area (Å²) in [5, 5.41) is 11.2. The number of aryl methyl sites for hydroxylation is 3. The molecular formula is C20H23BrN4O3. The minimum atomic E-state index is -0.292. The zero-order valence-electron chi connectivity index (χ0n) is 16.4. The van der Waals surface area contributed by atoms with E-state index in [9.17, 15) is 4.79 Å². The fourth-order valence-electron chi connectivity index (χ4n) is 2.78. The molecule has 0 saturated heterocycles. The summed E-state index contributed by atoms with van der Waals surface area (Å²) in [5.41, 5.74) is 4.00. The Balaban J connectivity index is 1.60. The highest BCUT2D eigenvalue weighted by atomic mass is 79.9. The summed E-state index contributed by atoms with van der Waals surface area (Å²) in [6, 6.07) is 7.73. The fraction of sp³-hybridized carbons (Fsp3) is 0.350. The largest absolute Gasteiger partial charge is 0.489 e. The Morgan fingerprint density at radius 1 is 1.21 bits per heavy atom. The van der Waals surface area contributed by atoms with Crippen LogP contribution in [-0.4, -0.2) is 27.4 Å². The standard InChI is InChI=1S/C20H23BrN4O3/c1-12-5-7-16(8-6-12)27-11-17-15(4)28-24-19(17)20(26)22-9-10-25-14(3)18(21)13(2)23-25/h5-8H,9-11H2,1-4H3,(H,22,26). The van der Waals surface area contributed by atoms with Crippen molar-refractivity contribution in [2.75, 3.05) is 6.54 Å². The third-order valence-electron chi connectivity index (χ3n) is 4.51. The van der Waals surface area contributed by atoms with Crippen LogP contribution in [0.1, 0.15) is 38.8 Å². The van der Waals surface area contributed by atoms with Crippen LogP contribution in [0.25, 0.3) is 0 Å². The summed E-state index contributed by atoms with van der Waals surface area (Å²) in [5.74, 6) is 1.01. The van der Waals surface area contributed by atoms with E-state index in [0.29, 0.717) is 24.4 Å². The second kappa shape index (κ2) is 8.60. The lowest BCUT2D eigenvalue weighted by Gasteiger charge is -2.08. The van der Waals surface area contributed by atoms with E-state index in [0.717, 1.165) is 27.2 Å². The minimum Gasteiger partial charge on any atom is -0.489 e. The Hall–Kier alpha value is -2.61. The molecule has 148 valence electrons. The van der Waals surface area contributed by atoms with Crippen LogP contribution >= 0.6 is 15.9 Å². The minimum absolute atomic E-state index is 0.214. The van der Waals surface area contributed by atoms with Crippen molar-refractivity contribution < 1.29 is 14.1 Å². The van der Waals surface area contributed by atoms with E-state index in [1.807, 2.05) is 49.7 Å². The second-order valence-electron chi connectivity index (χ2n) is 6.63. The van der Waals surface area contributed by atoms with Gasteiger partial charge in [-0.3, -0.25) is 9.48 Å². The van der Waals surface area contributed by atoms with Gasteiger partial charge < -0.3 is 14.6 Å². The Kier molecular flexibility index (Phi) is 6.18. The molecule has 0 spiro atoms. The van der Waals surface area contributed by atoms with Gasteiger partial charge in [-0.25, -0.2) is 0 Å². The molecule has 1 amide bonds. The Morgan fingerprint density at radius 3 is 2.57 bits per heavy atom. The molecule has 2 heterocycles. The Bertz CT molecular complexity index is 976. The molecule has 0 aliphatic carbocycles. The van der Waals surface area contributed by atoms with Crippen molar-refractivity contribution in [3.05, 3.63) is 62.7 Å². The lowest BCUT2D eigenvalue weighted by Crippen LogP contribution is -2.29. The molecule has 3 rings (SSSR count). The summed E-state index contributed by atoms with van der Waals surface area (Å²) in [6.07, 6.45) is 0. The van der Waals surface area contributed by atoms with Gasteiger partial charge in [0.05, 0.1) is 22.3 Å². The predicted molar refractivity (Wildman–Crippen MR) is 108 cm³/mol. The number of amides is 1. The first kappa shape index (κ1) is 20.1. The smallest absolute Gasteiger partial charge is 0.273 e. The summed E-state index contributed by atoms with van der Waals surface area (Å²) < 4.78 is 13.8. The number of rotatable bonds is 7. The molecule has 28 heavy (non-hydrogen) atoms. The maximum Gasteiger partial charge on any atom is 0.273 e. The molecule has 0 radical (unpaired) electrons. The zero-order chi connectivity index (χ0) is 20.3. The van der Waals surface area contributed by atoms with Gasteiger partial charge in [-0.2, -0.15) is 5.10 Å². The van der Waals surface area contributed by atoms with Crippen LogP contribution in [0.15, 0.2) is 33.3 Å². The van der Waals surface area contributed by atoms with Gasteiger partial charge in [0.2, 0.25) is 0 Å². The van der Waals surface area contributed by atoms with E-state index in [4.69, 9.17) is 9.26 Å². The molecule has 3 aromatic rings. The van der Waals surface area contributed by atoms with Gasteiger partial charge in [0.15, 0.2) is 5.69 Å². The molecule has 0 saturated carbocycles. The van der Waals surface area contributed by atoms with E-state index in [1.165, 1.54) is 0 Å². The van der Waals surface area contributed by atoms with Crippen LogP contribution in [-0.2, 0) is 13.2 Å². The number of hydrogen-bond donors (Lipinski definition) is 1. The number of nitrogens with one attached hydrogen (secondary N) is 1. The van der Waals surface area contributed by atoms with E-state index < -0.39 is 0 Å². The molecule has 1 aromatic carbocycles. The van der Waals surface area contributed by atoms with Gasteiger partial charge in [-0.1, -0.05) is 22.9 Å². The van der Waals surface area contributed by atoms with Crippen LogP contribution in [0, 0.1) is 27.7 Å². The van der Waals surface area contributed by atoms with Gasteiger partial charge >= 0.3 is 0 Å². The van der Waals surface area contributed by atoms with Gasteiger partial charge in [-0.05, 0) is 55.8 Å². The highest BCUT2D eigenvalue weighted by molar-refractivity contribution is 9.10. The van der Waals surface area contributed by atoms with Gasteiger partial charge in [0.25, 0.3) is 5.91 Å². The molecular weight excluding hydrogens is 424 g/mol. The molecule has 2 aromatic heterocycles. The average molecular weight is 447 g/mol. The van der Waals surface area contributed by atoms with E-state index in [-0.39, 0.29) is 18.2 Å². The number of halogens is 1. The molecule has 0 atom stereocenters. The first-order chi connectivity index (χ1) is 13.4. The van der Waals surface area contributed by atoms with E-state index in [2.05, 4.69) is 31.5 Å². The van der Waals surface area contributed by atoms with Crippen LogP contribution in [0.4, 0.5) is 0 Å².